The van der Waals surface area contributed by atoms with Crippen molar-refractivity contribution >= 4 is 6.29 Å². The normalized spacial score (nSPS) is 9.85. The molecule has 0 aliphatic rings. The first-order chi connectivity index (χ1) is 6.40. The summed E-state index contributed by atoms with van der Waals surface area (Å²) in [5.41, 5.74) is 0.288. The minimum Gasteiger partial charge on any atom is -0.296 e. The maximum absolute atomic E-state index is 10.3. The van der Waals surface area contributed by atoms with Crippen LogP contribution in [-0.2, 0) is 0 Å². The third kappa shape index (κ3) is 1.41. The van der Waals surface area contributed by atoms with Crippen LogP contribution in [0.25, 0.3) is 5.82 Å². The van der Waals surface area contributed by atoms with Crippen LogP contribution in [0.5, 0.6) is 0 Å². The Morgan fingerprint density at radius 2 is 1.92 bits per heavy atom. The first-order valence-corrected chi connectivity index (χ1v) is 3.54. The second-order valence-corrected chi connectivity index (χ2v) is 2.24. The number of nitrogens with zero attached hydrogens (tertiary/aromatic N) is 5. The van der Waals surface area contributed by atoms with Gasteiger partial charge in [0.25, 0.3) is 0 Å². The van der Waals surface area contributed by atoms with E-state index >= 15 is 0 Å². The molecule has 2 aromatic rings. The molecule has 2 heterocycles. The van der Waals surface area contributed by atoms with Crippen LogP contribution in [0.1, 0.15) is 10.5 Å². The highest BCUT2D eigenvalue weighted by Gasteiger charge is 1.99. The van der Waals surface area contributed by atoms with E-state index in [1.165, 1.54) is 29.6 Å². The van der Waals surface area contributed by atoms with Gasteiger partial charge in [-0.2, -0.15) is 10.2 Å². The molecule has 6 heteroatoms. The van der Waals surface area contributed by atoms with Gasteiger partial charge in [0.2, 0.25) is 0 Å². The second kappa shape index (κ2) is 3.10. The Morgan fingerprint density at radius 3 is 2.46 bits per heavy atom. The molecule has 64 valence electrons. The Hall–Kier alpha value is -2.11. The number of aldehydes is 1. The zero-order valence-corrected chi connectivity index (χ0v) is 6.53. The highest BCUT2D eigenvalue weighted by Crippen LogP contribution is 1.96. The van der Waals surface area contributed by atoms with Crippen molar-refractivity contribution in [1.29, 1.82) is 0 Å². The molecule has 2 aromatic heterocycles. The predicted molar refractivity (Wildman–Crippen MR) is 42.3 cm³/mol. The molecule has 0 radical (unpaired) electrons. The van der Waals surface area contributed by atoms with Gasteiger partial charge in [-0.15, -0.1) is 4.80 Å². The number of carbonyl (C=O) groups is 1. The number of carbonyl (C=O) groups excluding carboxylic acids is 1. The summed E-state index contributed by atoms with van der Waals surface area (Å²) in [7, 11) is 0. The van der Waals surface area contributed by atoms with Crippen molar-refractivity contribution < 1.29 is 4.79 Å². The van der Waals surface area contributed by atoms with E-state index in [1.807, 2.05) is 0 Å². The van der Waals surface area contributed by atoms with Crippen LogP contribution >= 0.6 is 0 Å². The Labute approximate surface area is 73.2 Å². The van der Waals surface area contributed by atoms with Gasteiger partial charge in [-0.1, -0.05) is 0 Å². The van der Waals surface area contributed by atoms with Crippen LogP contribution in [0.4, 0.5) is 0 Å². The topological polar surface area (TPSA) is 73.6 Å². The minimum absolute atomic E-state index is 0.288. The first-order valence-electron chi connectivity index (χ1n) is 3.54. The molecule has 0 N–H and O–H groups in total. The summed E-state index contributed by atoms with van der Waals surface area (Å²) in [6, 6.07) is 0. The third-order valence-corrected chi connectivity index (χ3v) is 1.40. The highest BCUT2D eigenvalue weighted by molar-refractivity contribution is 5.70. The fraction of sp³-hybridized carbons (Fsp3) is 0. The lowest BCUT2D eigenvalue weighted by Crippen LogP contribution is -2.02. The SMILES string of the molecule is O=Cc1cnc(-n2nccn2)cn1. The molecular formula is C7H5N5O. The second-order valence-electron chi connectivity index (χ2n) is 2.24. The van der Waals surface area contributed by atoms with Gasteiger partial charge in [0.05, 0.1) is 24.8 Å². The molecule has 0 spiro atoms. The van der Waals surface area contributed by atoms with Gasteiger partial charge in [0.1, 0.15) is 5.69 Å². The van der Waals surface area contributed by atoms with Gasteiger partial charge < -0.3 is 0 Å². The third-order valence-electron chi connectivity index (χ3n) is 1.40. The summed E-state index contributed by atoms with van der Waals surface area (Å²) in [4.78, 5) is 19.3. The van der Waals surface area contributed by atoms with Gasteiger partial charge >= 0.3 is 0 Å². The maximum atomic E-state index is 10.3. The molecule has 0 bridgehead atoms. The van der Waals surface area contributed by atoms with Crippen LogP contribution in [0.2, 0.25) is 0 Å². The first kappa shape index (κ1) is 7.53. The standard InChI is InChI=1S/C7H5N5O/c13-5-6-3-9-7(4-8-6)12-10-1-2-11-12/h1-5H. The van der Waals surface area contributed by atoms with Crippen LogP contribution in [-0.4, -0.2) is 31.2 Å². The van der Waals surface area contributed by atoms with E-state index in [0.29, 0.717) is 12.1 Å². The number of hydrogen-bond donors (Lipinski definition) is 0. The lowest BCUT2D eigenvalue weighted by Gasteiger charge is -1.95. The maximum Gasteiger partial charge on any atom is 0.192 e. The van der Waals surface area contributed by atoms with Crippen molar-refractivity contribution in [2.45, 2.75) is 0 Å². The molecule has 0 aromatic carbocycles. The zero-order valence-electron chi connectivity index (χ0n) is 6.53. The molecule has 0 atom stereocenters. The molecule has 0 saturated heterocycles. The van der Waals surface area contributed by atoms with E-state index in [2.05, 4.69) is 20.2 Å². The van der Waals surface area contributed by atoms with Crippen molar-refractivity contribution in [2.75, 3.05) is 0 Å². The monoisotopic (exact) mass is 175 g/mol. The van der Waals surface area contributed by atoms with E-state index in [4.69, 9.17) is 0 Å². The van der Waals surface area contributed by atoms with Crippen LogP contribution < -0.4 is 0 Å². The lowest BCUT2D eigenvalue weighted by molar-refractivity contribution is 0.111. The van der Waals surface area contributed by atoms with E-state index in [-0.39, 0.29) is 5.69 Å². The predicted octanol–water partition coefficient (Wildman–Crippen LogP) is -0.130. The average Bonchev–Trinajstić information content (AvgIpc) is 2.71. The molecule has 2 rings (SSSR count). The van der Waals surface area contributed by atoms with Gasteiger partial charge in [0.15, 0.2) is 12.1 Å². The fourth-order valence-corrected chi connectivity index (χ4v) is 0.829. The molecule has 0 unspecified atom stereocenters. The summed E-state index contributed by atoms with van der Waals surface area (Å²) in [5.74, 6) is 0.482. The Bertz CT molecular complexity index is 393. The Kier molecular flexibility index (Phi) is 1.79. The Balaban J connectivity index is 2.38. The molecular weight excluding hydrogens is 170 g/mol. The molecule has 0 amide bonds. The Morgan fingerprint density at radius 1 is 1.15 bits per heavy atom. The van der Waals surface area contributed by atoms with Crippen LogP contribution in [0.3, 0.4) is 0 Å². The molecule has 6 nitrogen and oxygen atoms in total. The van der Waals surface area contributed by atoms with Gasteiger partial charge in [-0.05, 0) is 0 Å². The van der Waals surface area contributed by atoms with Gasteiger partial charge in [-0.3, -0.25) is 4.79 Å². The molecule has 0 aliphatic heterocycles. The fourth-order valence-electron chi connectivity index (χ4n) is 0.829. The molecule has 13 heavy (non-hydrogen) atoms. The van der Waals surface area contributed by atoms with Crippen molar-refractivity contribution in [1.82, 2.24) is 25.0 Å². The summed E-state index contributed by atoms with van der Waals surface area (Å²) < 4.78 is 0. The van der Waals surface area contributed by atoms with Crippen LogP contribution in [0, 0.1) is 0 Å². The van der Waals surface area contributed by atoms with Crippen molar-refractivity contribution in [3.63, 3.8) is 0 Å². The van der Waals surface area contributed by atoms with E-state index in [1.54, 1.807) is 0 Å². The minimum atomic E-state index is 0.288. The average molecular weight is 175 g/mol. The number of aromatic nitrogens is 5. The van der Waals surface area contributed by atoms with E-state index in [9.17, 15) is 4.79 Å². The molecule has 0 aliphatic carbocycles. The van der Waals surface area contributed by atoms with Gasteiger partial charge in [-0.25, -0.2) is 9.97 Å². The number of rotatable bonds is 2. The van der Waals surface area contributed by atoms with Crippen molar-refractivity contribution in [3.8, 4) is 5.82 Å². The summed E-state index contributed by atoms with van der Waals surface area (Å²) in [5, 5.41) is 7.71. The smallest absolute Gasteiger partial charge is 0.192 e. The van der Waals surface area contributed by atoms with E-state index in [0.717, 1.165) is 0 Å². The van der Waals surface area contributed by atoms with Crippen LogP contribution in [0.15, 0.2) is 24.8 Å². The highest BCUT2D eigenvalue weighted by atomic mass is 16.1. The lowest BCUT2D eigenvalue weighted by atomic mass is 10.5. The van der Waals surface area contributed by atoms with E-state index < -0.39 is 0 Å². The zero-order chi connectivity index (χ0) is 9.10. The number of hydrogen-bond acceptors (Lipinski definition) is 5. The summed E-state index contributed by atoms with van der Waals surface area (Å²) in [6.45, 7) is 0. The molecule has 0 fully saturated rings. The van der Waals surface area contributed by atoms with Crippen molar-refractivity contribution in [2.24, 2.45) is 0 Å². The van der Waals surface area contributed by atoms with Gasteiger partial charge in [0, 0.05) is 0 Å². The molecule has 0 saturated carbocycles. The summed E-state index contributed by atoms with van der Waals surface area (Å²) >= 11 is 0. The summed E-state index contributed by atoms with van der Waals surface area (Å²) in [6.07, 6.45) is 6.51. The quantitative estimate of drug-likeness (QED) is 0.594. The van der Waals surface area contributed by atoms with Crippen molar-refractivity contribution in [3.05, 3.63) is 30.5 Å². The largest absolute Gasteiger partial charge is 0.296 e.